The number of unbranched alkanes of at least 4 members (excludes halogenated alkanes) is 2. The van der Waals surface area contributed by atoms with Crippen molar-refractivity contribution in [3.05, 3.63) is 35.9 Å². The van der Waals surface area contributed by atoms with Crippen LogP contribution in [0.15, 0.2) is 30.3 Å². The maximum absolute atomic E-state index is 3.86. The molecule has 1 N–H and O–H groups in total. The fourth-order valence-electron chi connectivity index (χ4n) is 3.52. The van der Waals surface area contributed by atoms with E-state index in [1.165, 1.54) is 50.8 Å². The summed E-state index contributed by atoms with van der Waals surface area (Å²) < 4.78 is 0. The largest absolute Gasteiger partial charge is 0.308 e. The molecule has 2 heteroatoms. The van der Waals surface area contributed by atoms with E-state index < -0.39 is 0 Å². The SMILES string of the molecule is CCCCCN1CC(CC)(CC)NCC1c1ccccc1. The third-order valence-corrected chi connectivity index (χ3v) is 5.20. The van der Waals surface area contributed by atoms with Gasteiger partial charge in [-0.3, -0.25) is 4.90 Å². The van der Waals surface area contributed by atoms with Crippen molar-refractivity contribution in [2.45, 2.75) is 64.5 Å². The van der Waals surface area contributed by atoms with Gasteiger partial charge in [-0.05, 0) is 31.4 Å². The first kappa shape index (κ1) is 16.5. The summed E-state index contributed by atoms with van der Waals surface area (Å²) in [4.78, 5) is 2.73. The molecule has 1 aliphatic rings. The Kier molecular flexibility index (Phi) is 6.25. The molecule has 1 aromatic rings. The van der Waals surface area contributed by atoms with Crippen LogP contribution in [-0.4, -0.2) is 30.1 Å². The first-order valence-electron chi connectivity index (χ1n) is 8.78. The number of hydrogen-bond donors (Lipinski definition) is 1. The Morgan fingerprint density at radius 2 is 1.81 bits per heavy atom. The number of nitrogens with zero attached hydrogens (tertiary/aromatic N) is 1. The van der Waals surface area contributed by atoms with Crippen molar-refractivity contribution >= 4 is 0 Å². The van der Waals surface area contributed by atoms with Crippen molar-refractivity contribution in [2.75, 3.05) is 19.6 Å². The van der Waals surface area contributed by atoms with E-state index in [0.29, 0.717) is 11.6 Å². The van der Waals surface area contributed by atoms with Crippen LogP contribution in [0.4, 0.5) is 0 Å². The lowest BCUT2D eigenvalue weighted by Gasteiger charge is -2.48. The van der Waals surface area contributed by atoms with E-state index in [-0.39, 0.29) is 0 Å². The van der Waals surface area contributed by atoms with Gasteiger partial charge in [-0.1, -0.05) is 63.9 Å². The van der Waals surface area contributed by atoms with Crippen LogP contribution in [0.25, 0.3) is 0 Å². The average Bonchev–Trinajstić information content (AvgIpc) is 2.56. The van der Waals surface area contributed by atoms with Crippen LogP contribution in [0.2, 0.25) is 0 Å². The molecule has 1 unspecified atom stereocenters. The highest BCUT2D eigenvalue weighted by Crippen LogP contribution is 2.30. The van der Waals surface area contributed by atoms with Gasteiger partial charge in [0.05, 0.1) is 0 Å². The number of rotatable bonds is 7. The number of piperazine rings is 1. The summed E-state index contributed by atoms with van der Waals surface area (Å²) in [7, 11) is 0. The minimum absolute atomic E-state index is 0.317. The summed E-state index contributed by atoms with van der Waals surface area (Å²) in [6.45, 7) is 10.4. The van der Waals surface area contributed by atoms with Gasteiger partial charge < -0.3 is 5.32 Å². The third kappa shape index (κ3) is 4.08. The zero-order valence-corrected chi connectivity index (χ0v) is 14.1. The topological polar surface area (TPSA) is 15.3 Å². The second-order valence-corrected chi connectivity index (χ2v) is 6.47. The first-order valence-corrected chi connectivity index (χ1v) is 8.78. The van der Waals surface area contributed by atoms with E-state index in [1.54, 1.807) is 0 Å². The average molecular weight is 288 g/mol. The molecule has 1 heterocycles. The molecule has 21 heavy (non-hydrogen) atoms. The molecule has 2 rings (SSSR count). The fourth-order valence-corrected chi connectivity index (χ4v) is 3.52. The zero-order valence-electron chi connectivity index (χ0n) is 14.1. The van der Waals surface area contributed by atoms with Crippen LogP contribution in [-0.2, 0) is 0 Å². The summed E-state index contributed by atoms with van der Waals surface area (Å²) in [5.41, 5.74) is 1.78. The molecule has 0 spiro atoms. The van der Waals surface area contributed by atoms with Crippen molar-refractivity contribution in [1.29, 1.82) is 0 Å². The second kappa shape index (κ2) is 7.95. The summed E-state index contributed by atoms with van der Waals surface area (Å²) >= 11 is 0. The number of benzene rings is 1. The van der Waals surface area contributed by atoms with Gasteiger partial charge in [0.2, 0.25) is 0 Å². The molecule has 0 radical (unpaired) electrons. The second-order valence-electron chi connectivity index (χ2n) is 6.47. The van der Waals surface area contributed by atoms with Gasteiger partial charge in [-0.15, -0.1) is 0 Å². The van der Waals surface area contributed by atoms with Crippen LogP contribution in [0.1, 0.15) is 64.5 Å². The lowest BCUT2D eigenvalue weighted by molar-refractivity contribution is 0.0707. The predicted molar refractivity (Wildman–Crippen MR) is 91.6 cm³/mol. The Bertz CT molecular complexity index is 397. The Balaban J connectivity index is 2.12. The van der Waals surface area contributed by atoms with Gasteiger partial charge in [-0.2, -0.15) is 0 Å². The van der Waals surface area contributed by atoms with E-state index in [2.05, 4.69) is 61.3 Å². The van der Waals surface area contributed by atoms with Gasteiger partial charge in [-0.25, -0.2) is 0 Å². The van der Waals surface area contributed by atoms with Gasteiger partial charge in [0, 0.05) is 24.7 Å². The van der Waals surface area contributed by atoms with Crippen molar-refractivity contribution < 1.29 is 0 Å². The third-order valence-electron chi connectivity index (χ3n) is 5.20. The minimum Gasteiger partial charge on any atom is -0.308 e. The molecule has 0 aromatic heterocycles. The standard InChI is InChI=1S/C19H32N2/c1-4-7-11-14-21-16-19(5-2,6-3)20-15-18(21)17-12-9-8-10-13-17/h8-10,12-13,18,20H,4-7,11,14-16H2,1-3H3. The monoisotopic (exact) mass is 288 g/mol. The Morgan fingerprint density at radius 1 is 1.10 bits per heavy atom. The molecule has 2 nitrogen and oxygen atoms in total. The van der Waals surface area contributed by atoms with Crippen LogP contribution >= 0.6 is 0 Å². The maximum Gasteiger partial charge on any atom is 0.0473 e. The molecule has 1 aliphatic heterocycles. The molecular weight excluding hydrogens is 256 g/mol. The maximum atomic E-state index is 3.86. The highest BCUT2D eigenvalue weighted by Gasteiger charge is 2.36. The smallest absolute Gasteiger partial charge is 0.0473 e. The Labute approximate surface area is 130 Å². The first-order chi connectivity index (χ1) is 10.2. The molecular formula is C19H32N2. The molecule has 1 fully saturated rings. The van der Waals surface area contributed by atoms with E-state index in [9.17, 15) is 0 Å². The normalized spacial score (nSPS) is 22.3. The summed E-state index contributed by atoms with van der Waals surface area (Å²) in [5, 5.41) is 3.86. The van der Waals surface area contributed by atoms with E-state index in [1.807, 2.05) is 0 Å². The summed E-state index contributed by atoms with van der Waals surface area (Å²) in [6.07, 6.45) is 6.40. The van der Waals surface area contributed by atoms with E-state index in [0.717, 1.165) is 6.54 Å². The zero-order chi connectivity index (χ0) is 15.1. The molecule has 1 atom stereocenters. The molecule has 118 valence electrons. The quantitative estimate of drug-likeness (QED) is 0.749. The predicted octanol–water partition coefficient (Wildman–Crippen LogP) is 4.38. The van der Waals surface area contributed by atoms with Crippen molar-refractivity contribution in [3.63, 3.8) is 0 Å². The molecule has 0 amide bonds. The number of nitrogens with one attached hydrogen (secondary N) is 1. The number of hydrogen-bond acceptors (Lipinski definition) is 2. The Hall–Kier alpha value is -0.860. The summed E-state index contributed by atoms with van der Waals surface area (Å²) in [6, 6.07) is 11.6. The molecule has 1 saturated heterocycles. The van der Waals surface area contributed by atoms with Crippen molar-refractivity contribution in [3.8, 4) is 0 Å². The van der Waals surface area contributed by atoms with Gasteiger partial charge >= 0.3 is 0 Å². The lowest BCUT2D eigenvalue weighted by atomic mass is 9.87. The van der Waals surface area contributed by atoms with E-state index in [4.69, 9.17) is 0 Å². The lowest BCUT2D eigenvalue weighted by Crippen LogP contribution is -2.60. The van der Waals surface area contributed by atoms with Crippen molar-refractivity contribution in [1.82, 2.24) is 10.2 Å². The van der Waals surface area contributed by atoms with Gasteiger partial charge in [0.1, 0.15) is 0 Å². The van der Waals surface area contributed by atoms with Crippen molar-refractivity contribution in [2.24, 2.45) is 0 Å². The molecule has 1 aromatic carbocycles. The van der Waals surface area contributed by atoms with Crippen LogP contribution in [0.5, 0.6) is 0 Å². The molecule has 0 saturated carbocycles. The highest BCUT2D eigenvalue weighted by molar-refractivity contribution is 5.21. The van der Waals surface area contributed by atoms with Crippen LogP contribution < -0.4 is 5.32 Å². The fraction of sp³-hybridized carbons (Fsp3) is 0.684. The highest BCUT2D eigenvalue weighted by atomic mass is 15.3. The van der Waals surface area contributed by atoms with Gasteiger partial charge in [0.25, 0.3) is 0 Å². The van der Waals surface area contributed by atoms with Crippen LogP contribution in [0.3, 0.4) is 0 Å². The van der Waals surface area contributed by atoms with Crippen LogP contribution in [0, 0.1) is 0 Å². The molecule has 0 aliphatic carbocycles. The molecule has 0 bridgehead atoms. The van der Waals surface area contributed by atoms with Gasteiger partial charge in [0.15, 0.2) is 0 Å². The summed E-state index contributed by atoms with van der Waals surface area (Å²) in [5.74, 6) is 0. The minimum atomic E-state index is 0.317. The van der Waals surface area contributed by atoms with E-state index >= 15 is 0 Å². The Morgan fingerprint density at radius 3 is 2.43 bits per heavy atom.